The molecular formula is C28H36N4O2S. The van der Waals surface area contributed by atoms with Crippen LogP contribution in [0.4, 0.5) is 11.5 Å². The Morgan fingerprint density at radius 3 is 2.60 bits per heavy atom. The summed E-state index contributed by atoms with van der Waals surface area (Å²) in [5, 5.41) is 18.6. The largest absolute Gasteiger partial charge is 0.497 e. The van der Waals surface area contributed by atoms with Crippen LogP contribution in [-0.2, 0) is 18.5 Å². The molecule has 186 valence electrons. The molecule has 0 bridgehead atoms. The van der Waals surface area contributed by atoms with Crippen molar-refractivity contribution in [1.82, 2.24) is 14.1 Å². The van der Waals surface area contributed by atoms with Crippen LogP contribution in [0.1, 0.15) is 62.8 Å². The molecule has 1 aliphatic heterocycles. The number of fused-ring (bicyclic) bond motifs is 1. The van der Waals surface area contributed by atoms with Crippen LogP contribution in [0.25, 0.3) is 0 Å². The lowest BCUT2D eigenvalue weighted by Gasteiger charge is -2.28. The van der Waals surface area contributed by atoms with Crippen LogP contribution in [-0.4, -0.2) is 39.0 Å². The van der Waals surface area contributed by atoms with Gasteiger partial charge >= 0.3 is 0 Å². The van der Waals surface area contributed by atoms with E-state index in [2.05, 4.69) is 71.5 Å². The van der Waals surface area contributed by atoms with Crippen molar-refractivity contribution in [2.45, 2.75) is 75.5 Å². The van der Waals surface area contributed by atoms with Crippen molar-refractivity contribution in [1.29, 1.82) is 0 Å². The minimum atomic E-state index is -0.196. The maximum atomic E-state index is 10.0. The molecule has 1 fully saturated rings. The average Bonchev–Trinajstić information content (AvgIpc) is 3.46. The minimum Gasteiger partial charge on any atom is -0.497 e. The van der Waals surface area contributed by atoms with Gasteiger partial charge in [-0.15, -0.1) is 0 Å². The number of aliphatic hydroxyl groups is 1. The number of rotatable bonds is 6. The lowest BCUT2D eigenvalue weighted by atomic mass is 10.0. The van der Waals surface area contributed by atoms with Crippen LogP contribution < -0.4 is 10.1 Å². The molecule has 3 aromatic rings. The summed E-state index contributed by atoms with van der Waals surface area (Å²) >= 11 is 1.84. The predicted octanol–water partition coefficient (Wildman–Crippen LogP) is 6.08. The summed E-state index contributed by atoms with van der Waals surface area (Å²) in [5.41, 5.74) is 4.72. The van der Waals surface area contributed by atoms with Crippen molar-refractivity contribution in [3.63, 3.8) is 0 Å². The summed E-state index contributed by atoms with van der Waals surface area (Å²) in [5.74, 6) is 2.25. The molecule has 1 saturated carbocycles. The summed E-state index contributed by atoms with van der Waals surface area (Å²) < 4.78 is 9.80. The Labute approximate surface area is 212 Å². The van der Waals surface area contributed by atoms with Gasteiger partial charge in [0.2, 0.25) is 0 Å². The van der Waals surface area contributed by atoms with E-state index in [0.29, 0.717) is 5.92 Å². The molecule has 0 spiro atoms. The van der Waals surface area contributed by atoms with E-state index in [1.54, 1.807) is 7.11 Å². The Morgan fingerprint density at radius 1 is 1.11 bits per heavy atom. The molecule has 2 atom stereocenters. The summed E-state index contributed by atoms with van der Waals surface area (Å²) in [6, 6.07) is 17.2. The van der Waals surface area contributed by atoms with Crippen LogP contribution in [0.15, 0.2) is 53.4 Å². The number of hydrogen-bond acceptors (Lipinski definition) is 6. The average molecular weight is 493 g/mol. The fourth-order valence-electron chi connectivity index (χ4n) is 4.99. The zero-order chi connectivity index (χ0) is 24.6. The standard InChI is InChI=1S/C28H36N4O2S/c1-28(2,3)32-27(17-25(30-32)20-7-9-23(33)16-20)29-22-8-12-26-21(15-22)13-14-31(35-26)18-19-5-10-24(34-4)11-6-19/h5-6,8,10-12,15,17,20,23,29,33H,7,9,13-14,16,18H2,1-4H3/t20-,23+/m0/s1. The van der Waals surface area contributed by atoms with Crippen molar-refractivity contribution < 1.29 is 9.84 Å². The number of benzene rings is 2. The van der Waals surface area contributed by atoms with Gasteiger partial charge in [0.25, 0.3) is 0 Å². The second-order valence-corrected chi connectivity index (χ2v) is 11.8. The number of anilines is 2. The quantitative estimate of drug-likeness (QED) is 0.407. The molecule has 2 aromatic carbocycles. The number of ether oxygens (including phenoxy) is 1. The Bertz CT molecular complexity index is 1170. The zero-order valence-electron chi connectivity index (χ0n) is 21.1. The van der Waals surface area contributed by atoms with Gasteiger partial charge in [-0.1, -0.05) is 12.1 Å². The van der Waals surface area contributed by atoms with Crippen molar-refractivity contribution in [2.75, 3.05) is 19.0 Å². The van der Waals surface area contributed by atoms with E-state index in [4.69, 9.17) is 9.84 Å². The smallest absolute Gasteiger partial charge is 0.129 e. The first-order chi connectivity index (χ1) is 16.8. The monoisotopic (exact) mass is 492 g/mol. The van der Waals surface area contributed by atoms with Crippen molar-refractivity contribution in [2.24, 2.45) is 0 Å². The van der Waals surface area contributed by atoms with E-state index in [9.17, 15) is 5.11 Å². The molecule has 0 saturated heterocycles. The molecule has 2 heterocycles. The van der Waals surface area contributed by atoms with E-state index in [1.807, 2.05) is 24.1 Å². The Balaban J connectivity index is 1.30. The highest BCUT2D eigenvalue weighted by Gasteiger charge is 2.29. The van der Waals surface area contributed by atoms with Gasteiger partial charge in [-0.3, -0.25) is 0 Å². The number of nitrogens with one attached hydrogen (secondary N) is 1. The van der Waals surface area contributed by atoms with Crippen molar-refractivity contribution >= 4 is 23.5 Å². The fraction of sp³-hybridized carbons (Fsp3) is 0.464. The van der Waals surface area contributed by atoms with E-state index < -0.39 is 0 Å². The summed E-state index contributed by atoms with van der Waals surface area (Å²) in [6.07, 6.45) is 3.51. The molecule has 7 heteroatoms. The number of nitrogens with zero attached hydrogens (tertiary/aromatic N) is 3. The van der Waals surface area contributed by atoms with Crippen LogP contribution in [0, 0.1) is 0 Å². The minimum absolute atomic E-state index is 0.135. The van der Waals surface area contributed by atoms with E-state index in [-0.39, 0.29) is 11.6 Å². The van der Waals surface area contributed by atoms with Gasteiger partial charge in [-0.05, 0) is 99.9 Å². The Kier molecular flexibility index (Phi) is 6.84. The van der Waals surface area contributed by atoms with Gasteiger partial charge in [0.05, 0.1) is 24.4 Å². The topological polar surface area (TPSA) is 62.6 Å². The number of methoxy groups -OCH3 is 1. The molecule has 0 unspecified atom stereocenters. The first-order valence-electron chi connectivity index (χ1n) is 12.5. The second kappa shape index (κ2) is 9.88. The molecule has 5 rings (SSSR count). The van der Waals surface area contributed by atoms with Gasteiger partial charge in [0, 0.05) is 35.7 Å². The van der Waals surface area contributed by atoms with E-state index in [0.717, 1.165) is 61.7 Å². The molecule has 0 radical (unpaired) electrons. The van der Waals surface area contributed by atoms with Crippen molar-refractivity contribution in [3.05, 3.63) is 65.4 Å². The maximum Gasteiger partial charge on any atom is 0.129 e. The second-order valence-electron chi connectivity index (χ2n) is 10.7. The third-order valence-corrected chi connectivity index (χ3v) is 8.06. The highest BCUT2D eigenvalue weighted by atomic mass is 32.2. The van der Waals surface area contributed by atoms with Gasteiger partial charge in [0.15, 0.2) is 0 Å². The van der Waals surface area contributed by atoms with Crippen LogP contribution in [0.2, 0.25) is 0 Å². The molecule has 35 heavy (non-hydrogen) atoms. The molecule has 1 aromatic heterocycles. The Morgan fingerprint density at radius 2 is 1.91 bits per heavy atom. The summed E-state index contributed by atoms with van der Waals surface area (Å²) in [4.78, 5) is 1.32. The highest BCUT2D eigenvalue weighted by Crippen LogP contribution is 2.38. The fourth-order valence-corrected chi connectivity index (χ4v) is 6.07. The molecule has 1 aliphatic carbocycles. The first kappa shape index (κ1) is 24.2. The SMILES string of the molecule is COc1ccc(CN2CCc3cc(Nc4cc([C@H]5CC[C@@H](O)C5)nn4C(C)(C)C)ccc3S2)cc1. The number of aliphatic hydroxyl groups excluding tert-OH is 1. The van der Waals surface area contributed by atoms with Crippen LogP contribution in [0.3, 0.4) is 0 Å². The third kappa shape index (κ3) is 5.52. The predicted molar refractivity (Wildman–Crippen MR) is 143 cm³/mol. The maximum absolute atomic E-state index is 10.0. The highest BCUT2D eigenvalue weighted by molar-refractivity contribution is 7.97. The lowest BCUT2D eigenvalue weighted by molar-refractivity contribution is 0.181. The van der Waals surface area contributed by atoms with E-state index >= 15 is 0 Å². The summed E-state index contributed by atoms with van der Waals surface area (Å²) in [7, 11) is 1.70. The Hall–Kier alpha value is -2.48. The number of aromatic nitrogens is 2. The molecule has 2 aliphatic rings. The number of hydrogen-bond donors (Lipinski definition) is 2. The van der Waals surface area contributed by atoms with Gasteiger partial charge in [-0.25, -0.2) is 8.99 Å². The summed E-state index contributed by atoms with van der Waals surface area (Å²) in [6.45, 7) is 8.47. The molecule has 0 amide bonds. The molecule has 2 N–H and O–H groups in total. The van der Waals surface area contributed by atoms with Crippen LogP contribution >= 0.6 is 11.9 Å². The normalized spacial score (nSPS) is 20.6. The first-order valence-corrected chi connectivity index (χ1v) is 13.3. The lowest BCUT2D eigenvalue weighted by Crippen LogP contribution is -2.25. The van der Waals surface area contributed by atoms with E-state index in [1.165, 1.54) is 16.0 Å². The van der Waals surface area contributed by atoms with Crippen molar-refractivity contribution in [3.8, 4) is 5.75 Å². The zero-order valence-corrected chi connectivity index (χ0v) is 21.9. The molecular weight excluding hydrogens is 456 g/mol. The van der Waals surface area contributed by atoms with Gasteiger partial charge < -0.3 is 15.2 Å². The molecule has 6 nitrogen and oxygen atoms in total. The third-order valence-electron chi connectivity index (χ3n) is 6.90. The van der Waals surface area contributed by atoms with Gasteiger partial charge in [-0.2, -0.15) is 5.10 Å². The van der Waals surface area contributed by atoms with Crippen LogP contribution in [0.5, 0.6) is 5.75 Å². The van der Waals surface area contributed by atoms with Gasteiger partial charge in [0.1, 0.15) is 11.6 Å².